The molecule has 0 N–H and O–H groups in total. The molecule has 1 fully saturated rings. The Morgan fingerprint density at radius 2 is 1.85 bits per heavy atom. The van der Waals surface area contributed by atoms with Crippen molar-refractivity contribution in [3.63, 3.8) is 0 Å². The zero-order chi connectivity index (χ0) is 19.2. The molecule has 1 saturated heterocycles. The van der Waals surface area contributed by atoms with Crippen molar-refractivity contribution < 1.29 is 9.53 Å². The first-order valence-corrected chi connectivity index (χ1v) is 10.4. The fourth-order valence-corrected chi connectivity index (χ4v) is 3.93. The number of carbonyl (C=O) groups excluding carboxylic acids is 1. The predicted octanol–water partition coefficient (Wildman–Crippen LogP) is 3.90. The molecule has 3 rings (SSSR count). The Hall–Kier alpha value is -2.08. The summed E-state index contributed by atoms with van der Waals surface area (Å²) in [4.78, 5) is 15.8. The van der Waals surface area contributed by atoms with Gasteiger partial charge in [0.2, 0.25) is 11.8 Å². The van der Waals surface area contributed by atoms with Gasteiger partial charge in [0.05, 0.1) is 12.1 Å². The highest BCUT2D eigenvalue weighted by molar-refractivity contribution is 7.99. The fraction of sp³-hybridized carbons (Fsp3) is 0.476. The van der Waals surface area contributed by atoms with Gasteiger partial charge in [-0.05, 0) is 30.7 Å². The van der Waals surface area contributed by atoms with Crippen LogP contribution in [0.25, 0.3) is 0 Å². The van der Waals surface area contributed by atoms with Gasteiger partial charge in [-0.2, -0.15) is 5.10 Å². The van der Waals surface area contributed by atoms with Crippen LogP contribution in [0.1, 0.15) is 37.9 Å². The van der Waals surface area contributed by atoms with E-state index in [0.29, 0.717) is 17.6 Å². The molecule has 1 amide bonds. The van der Waals surface area contributed by atoms with Crippen LogP contribution in [0.5, 0.6) is 5.88 Å². The molecule has 0 aliphatic carbocycles. The lowest BCUT2D eigenvalue weighted by molar-refractivity contribution is -0.132. The second-order valence-electron chi connectivity index (χ2n) is 7.20. The number of aryl methyl sites for hydroxylation is 1. The Kier molecular flexibility index (Phi) is 6.72. The van der Waals surface area contributed by atoms with Crippen molar-refractivity contribution in [3.8, 4) is 5.88 Å². The number of benzene rings is 1. The van der Waals surface area contributed by atoms with Gasteiger partial charge in [0.15, 0.2) is 0 Å². The third-order valence-corrected chi connectivity index (χ3v) is 5.52. The Morgan fingerprint density at radius 3 is 2.44 bits per heavy atom. The van der Waals surface area contributed by atoms with Gasteiger partial charge in [0.1, 0.15) is 6.10 Å². The van der Waals surface area contributed by atoms with Crippen LogP contribution in [-0.4, -0.2) is 45.4 Å². The minimum absolute atomic E-state index is 0.0957. The molecular weight excluding hydrogens is 358 g/mol. The Bertz CT molecular complexity index is 739. The molecule has 2 heterocycles. The molecule has 0 saturated carbocycles. The lowest BCUT2D eigenvalue weighted by Crippen LogP contribution is -2.42. The molecule has 0 atom stereocenters. The quantitative estimate of drug-likeness (QED) is 0.706. The predicted molar refractivity (Wildman–Crippen MR) is 108 cm³/mol. The summed E-state index contributed by atoms with van der Waals surface area (Å²) in [6.45, 7) is 7.72. The van der Waals surface area contributed by atoms with Gasteiger partial charge in [-0.25, -0.2) is 0 Å². The summed E-state index contributed by atoms with van der Waals surface area (Å²) in [5.41, 5.74) is 1.94. The van der Waals surface area contributed by atoms with Crippen molar-refractivity contribution in [1.29, 1.82) is 0 Å². The van der Waals surface area contributed by atoms with Crippen molar-refractivity contribution in [2.45, 2.75) is 56.3 Å². The molecule has 144 valence electrons. The Labute approximate surface area is 165 Å². The van der Waals surface area contributed by atoms with Crippen molar-refractivity contribution in [1.82, 2.24) is 15.1 Å². The summed E-state index contributed by atoms with van der Waals surface area (Å²) >= 11 is 1.84. The lowest BCUT2D eigenvalue weighted by Gasteiger charge is -2.32. The topological polar surface area (TPSA) is 55.3 Å². The highest BCUT2D eigenvalue weighted by atomic mass is 32.2. The second-order valence-corrected chi connectivity index (χ2v) is 8.85. The van der Waals surface area contributed by atoms with E-state index < -0.39 is 0 Å². The van der Waals surface area contributed by atoms with Crippen LogP contribution in [0, 0.1) is 6.92 Å². The number of nitrogens with zero attached hydrogens (tertiary/aromatic N) is 3. The number of piperidine rings is 1. The standard InChI is InChI=1S/C21H27N3O2S/c1-15(2)27-19-7-5-17(6-8-19)14-21(25)24-12-10-18(11-13-24)26-20-9-4-16(3)22-23-20/h4-9,15,18H,10-14H2,1-3H3. The van der Waals surface area contributed by atoms with Crippen LogP contribution in [0.2, 0.25) is 0 Å². The van der Waals surface area contributed by atoms with E-state index in [1.165, 1.54) is 4.90 Å². The van der Waals surface area contributed by atoms with Crippen LogP contribution >= 0.6 is 11.8 Å². The molecule has 6 heteroatoms. The number of hydrogen-bond acceptors (Lipinski definition) is 5. The molecule has 0 unspecified atom stereocenters. The first-order chi connectivity index (χ1) is 13.0. The van der Waals surface area contributed by atoms with Crippen molar-refractivity contribution in [2.75, 3.05) is 13.1 Å². The first kappa shape index (κ1) is 19.7. The van der Waals surface area contributed by atoms with E-state index in [9.17, 15) is 4.79 Å². The second kappa shape index (κ2) is 9.22. The van der Waals surface area contributed by atoms with Gasteiger partial charge in [0, 0.05) is 42.1 Å². The molecule has 5 nitrogen and oxygen atoms in total. The maximum atomic E-state index is 12.6. The van der Waals surface area contributed by atoms with Crippen LogP contribution in [0.3, 0.4) is 0 Å². The van der Waals surface area contributed by atoms with Crippen molar-refractivity contribution >= 4 is 17.7 Å². The van der Waals surface area contributed by atoms with E-state index >= 15 is 0 Å². The summed E-state index contributed by atoms with van der Waals surface area (Å²) in [5.74, 6) is 0.748. The molecule has 0 spiro atoms. The van der Waals surface area contributed by atoms with Gasteiger partial charge in [-0.15, -0.1) is 16.9 Å². The molecule has 1 aromatic heterocycles. The third-order valence-electron chi connectivity index (χ3n) is 4.51. The van der Waals surface area contributed by atoms with E-state index in [-0.39, 0.29) is 12.0 Å². The molecule has 2 aromatic rings. The molecular formula is C21H27N3O2S. The number of ether oxygens (including phenoxy) is 1. The fourth-order valence-electron chi connectivity index (χ4n) is 3.09. The summed E-state index contributed by atoms with van der Waals surface area (Å²) in [7, 11) is 0. The molecule has 1 aliphatic heterocycles. The van der Waals surface area contributed by atoms with E-state index in [2.05, 4.69) is 48.3 Å². The van der Waals surface area contributed by atoms with Gasteiger partial charge in [-0.3, -0.25) is 4.79 Å². The monoisotopic (exact) mass is 385 g/mol. The molecule has 0 bridgehead atoms. The van der Waals surface area contributed by atoms with Crippen LogP contribution < -0.4 is 4.74 Å². The average molecular weight is 386 g/mol. The first-order valence-electron chi connectivity index (χ1n) is 9.50. The molecule has 0 radical (unpaired) electrons. The minimum atomic E-state index is 0.0957. The smallest absolute Gasteiger partial charge is 0.233 e. The van der Waals surface area contributed by atoms with E-state index in [1.54, 1.807) is 0 Å². The van der Waals surface area contributed by atoms with E-state index in [0.717, 1.165) is 37.2 Å². The normalized spacial score (nSPS) is 15.2. The number of hydrogen-bond donors (Lipinski definition) is 0. The van der Waals surface area contributed by atoms with Crippen molar-refractivity contribution in [3.05, 3.63) is 47.7 Å². The average Bonchev–Trinajstić information content (AvgIpc) is 2.65. The third kappa shape index (κ3) is 5.96. The van der Waals surface area contributed by atoms with E-state index in [1.807, 2.05) is 35.7 Å². The number of carbonyl (C=O) groups is 1. The number of thioether (sulfide) groups is 1. The highest BCUT2D eigenvalue weighted by Crippen LogP contribution is 2.23. The van der Waals surface area contributed by atoms with Crippen LogP contribution in [0.4, 0.5) is 0 Å². The number of amides is 1. The Morgan fingerprint density at radius 1 is 1.15 bits per heavy atom. The maximum absolute atomic E-state index is 12.6. The highest BCUT2D eigenvalue weighted by Gasteiger charge is 2.24. The Balaban J connectivity index is 1.46. The van der Waals surface area contributed by atoms with E-state index in [4.69, 9.17) is 4.74 Å². The van der Waals surface area contributed by atoms with Gasteiger partial charge >= 0.3 is 0 Å². The summed E-state index contributed by atoms with van der Waals surface area (Å²) in [6, 6.07) is 12.1. The number of likely N-dealkylation sites (tertiary alicyclic amines) is 1. The molecule has 1 aromatic carbocycles. The maximum Gasteiger partial charge on any atom is 0.233 e. The summed E-state index contributed by atoms with van der Waals surface area (Å²) in [5, 5.41) is 8.63. The zero-order valence-electron chi connectivity index (χ0n) is 16.2. The SMILES string of the molecule is Cc1ccc(OC2CCN(C(=O)Cc3ccc(SC(C)C)cc3)CC2)nn1. The number of rotatable bonds is 6. The molecule has 27 heavy (non-hydrogen) atoms. The van der Waals surface area contributed by atoms with Gasteiger partial charge in [0.25, 0.3) is 0 Å². The van der Waals surface area contributed by atoms with Crippen molar-refractivity contribution in [2.24, 2.45) is 0 Å². The molecule has 1 aliphatic rings. The van der Waals surface area contributed by atoms with Crippen LogP contribution in [0.15, 0.2) is 41.3 Å². The van der Waals surface area contributed by atoms with Crippen LogP contribution in [-0.2, 0) is 11.2 Å². The minimum Gasteiger partial charge on any atom is -0.473 e. The van der Waals surface area contributed by atoms with Gasteiger partial charge < -0.3 is 9.64 Å². The summed E-state index contributed by atoms with van der Waals surface area (Å²) < 4.78 is 5.89. The van der Waals surface area contributed by atoms with Gasteiger partial charge in [-0.1, -0.05) is 26.0 Å². The number of aromatic nitrogens is 2. The zero-order valence-corrected chi connectivity index (χ0v) is 17.0. The largest absolute Gasteiger partial charge is 0.473 e. The summed E-state index contributed by atoms with van der Waals surface area (Å²) in [6.07, 6.45) is 2.20. The lowest BCUT2D eigenvalue weighted by atomic mass is 10.1.